The second-order valence-electron chi connectivity index (χ2n) is 5.84. The first-order valence-electron chi connectivity index (χ1n) is 5.60. The first kappa shape index (κ1) is 13.5. The van der Waals surface area contributed by atoms with Crippen LogP contribution in [0.2, 0.25) is 0 Å². The summed E-state index contributed by atoms with van der Waals surface area (Å²) >= 11 is 6.10. The fourth-order valence-electron chi connectivity index (χ4n) is 1.56. The largest absolute Gasteiger partial charge is 0.387 e. The van der Waals surface area contributed by atoms with E-state index in [1.54, 1.807) is 0 Å². The lowest BCUT2D eigenvalue weighted by Crippen LogP contribution is -2.22. The Labute approximate surface area is 103 Å². The average Bonchev–Trinajstić information content (AvgIpc) is 2.14. The zero-order valence-corrected chi connectivity index (χ0v) is 11.5. The summed E-state index contributed by atoms with van der Waals surface area (Å²) in [5.41, 5.74) is 2.27. The topological polar surface area (TPSA) is 20.2 Å². The number of hydrogen-bond donors (Lipinski definition) is 1. The quantitative estimate of drug-likeness (QED) is 0.774. The molecule has 1 unspecified atom stereocenters. The molecular weight excluding hydrogens is 220 g/mol. The summed E-state index contributed by atoms with van der Waals surface area (Å²) in [6, 6.07) is 8.02. The summed E-state index contributed by atoms with van der Waals surface area (Å²) in [5, 5.41) is 10.0. The predicted molar refractivity (Wildman–Crippen MR) is 70.0 cm³/mol. The second-order valence-corrected chi connectivity index (χ2v) is 6.81. The summed E-state index contributed by atoms with van der Waals surface area (Å²) in [6.07, 6.45) is -0.636. The molecule has 16 heavy (non-hydrogen) atoms. The van der Waals surface area contributed by atoms with Gasteiger partial charge in [0.2, 0.25) is 0 Å². The van der Waals surface area contributed by atoms with Crippen LogP contribution in [0.4, 0.5) is 0 Å². The molecule has 0 spiro atoms. The minimum absolute atomic E-state index is 0.139. The van der Waals surface area contributed by atoms with E-state index in [1.165, 1.54) is 5.56 Å². The third-order valence-electron chi connectivity index (χ3n) is 2.74. The zero-order valence-electron chi connectivity index (χ0n) is 10.7. The molecule has 0 fully saturated rings. The summed E-state index contributed by atoms with van der Waals surface area (Å²) in [7, 11) is 0. The van der Waals surface area contributed by atoms with Crippen molar-refractivity contribution in [2.24, 2.45) is 0 Å². The molecule has 1 N–H and O–H groups in total. The lowest BCUT2D eigenvalue weighted by atomic mass is 9.86. The molecule has 0 radical (unpaired) electrons. The van der Waals surface area contributed by atoms with E-state index in [4.69, 9.17) is 11.6 Å². The van der Waals surface area contributed by atoms with Gasteiger partial charge in [0.25, 0.3) is 0 Å². The van der Waals surface area contributed by atoms with Crippen LogP contribution in [-0.2, 0) is 5.41 Å². The second kappa shape index (κ2) is 4.38. The van der Waals surface area contributed by atoms with Gasteiger partial charge < -0.3 is 5.11 Å². The van der Waals surface area contributed by atoms with Crippen LogP contribution in [0.3, 0.4) is 0 Å². The van der Waals surface area contributed by atoms with Gasteiger partial charge in [-0.1, -0.05) is 45.0 Å². The van der Waals surface area contributed by atoms with Gasteiger partial charge in [-0.25, -0.2) is 0 Å². The maximum absolute atomic E-state index is 10.0. The van der Waals surface area contributed by atoms with Crippen molar-refractivity contribution in [2.45, 2.75) is 51.0 Å². The van der Waals surface area contributed by atoms with E-state index in [0.717, 1.165) is 5.56 Å². The van der Waals surface area contributed by atoms with Crippen LogP contribution in [0, 0.1) is 0 Å². The van der Waals surface area contributed by atoms with Gasteiger partial charge in [-0.05, 0) is 30.4 Å². The van der Waals surface area contributed by atoms with E-state index in [9.17, 15) is 5.11 Å². The summed E-state index contributed by atoms with van der Waals surface area (Å²) < 4.78 is 0. The predicted octanol–water partition coefficient (Wildman–Crippen LogP) is 4.03. The molecule has 0 saturated heterocycles. The number of hydrogen-bond acceptors (Lipinski definition) is 1. The Bertz CT molecular complexity index is 340. The van der Waals surface area contributed by atoms with Gasteiger partial charge in [-0.2, -0.15) is 0 Å². The average molecular weight is 241 g/mol. The van der Waals surface area contributed by atoms with Crippen LogP contribution in [0.25, 0.3) is 0 Å². The number of alkyl halides is 1. The van der Waals surface area contributed by atoms with Crippen LogP contribution in [0.5, 0.6) is 0 Å². The van der Waals surface area contributed by atoms with E-state index in [-0.39, 0.29) is 5.41 Å². The summed E-state index contributed by atoms with van der Waals surface area (Å²) in [5.74, 6) is 0. The molecule has 0 aliphatic rings. The molecule has 0 amide bonds. The summed E-state index contributed by atoms with van der Waals surface area (Å²) in [4.78, 5) is -0.636. The Morgan fingerprint density at radius 2 is 1.44 bits per heavy atom. The molecule has 1 atom stereocenters. The minimum atomic E-state index is -0.636. The third kappa shape index (κ3) is 3.23. The van der Waals surface area contributed by atoms with E-state index in [0.29, 0.717) is 0 Å². The van der Waals surface area contributed by atoms with E-state index < -0.39 is 11.0 Å². The van der Waals surface area contributed by atoms with Crippen molar-refractivity contribution in [1.29, 1.82) is 0 Å². The van der Waals surface area contributed by atoms with Crippen LogP contribution in [0.1, 0.15) is 51.8 Å². The Kier molecular flexibility index (Phi) is 3.71. The van der Waals surface area contributed by atoms with Gasteiger partial charge in [0.05, 0.1) is 11.0 Å². The van der Waals surface area contributed by atoms with Crippen molar-refractivity contribution in [3.8, 4) is 0 Å². The first-order chi connectivity index (χ1) is 7.12. The smallest absolute Gasteiger partial charge is 0.0976 e. The number of benzene rings is 1. The molecule has 0 aliphatic carbocycles. The van der Waals surface area contributed by atoms with Crippen molar-refractivity contribution in [1.82, 2.24) is 0 Å². The highest BCUT2D eigenvalue weighted by Gasteiger charge is 2.26. The van der Waals surface area contributed by atoms with E-state index in [1.807, 2.05) is 26.0 Å². The first-order valence-corrected chi connectivity index (χ1v) is 5.97. The Morgan fingerprint density at radius 1 is 1.00 bits per heavy atom. The lowest BCUT2D eigenvalue weighted by Gasteiger charge is -2.25. The Hall–Kier alpha value is -0.530. The molecule has 0 heterocycles. The van der Waals surface area contributed by atoms with Gasteiger partial charge in [0.1, 0.15) is 0 Å². The highest BCUT2D eigenvalue weighted by Crippen LogP contribution is 2.32. The maximum Gasteiger partial charge on any atom is 0.0976 e. The molecule has 0 saturated carbocycles. The van der Waals surface area contributed by atoms with Crippen molar-refractivity contribution in [3.05, 3.63) is 35.4 Å². The lowest BCUT2D eigenvalue weighted by molar-refractivity contribution is 0.141. The van der Waals surface area contributed by atoms with Gasteiger partial charge >= 0.3 is 0 Å². The molecular formula is C14H21ClO. The fraction of sp³-hybridized carbons (Fsp3) is 0.571. The molecule has 1 aromatic rings. The molecule has 1 aromatic carbocycles. The van der Waals surface area contributed by atoms with Gasteiger partial charge in [-0.3, -0.25) is 0 Å². The van der Waals surface area contributed by atoms with Crippen LogP contribution in [0.15, 0.2) is 24.3 Å². The van der Waals surface area contributed by atoms with Crippen LogP contribution < -0.4 is 0 Å². The number of aliphatic hydroxyl groups excluding tert-OH is 1. The van der Waals surface area contributed by atoms with Gasteiger partial charge in [0, 0.05) is 0 Å². The highest BCUT2D eigenvalue weighted by atomic mass is 35.5. The van der Waals surface area contributed by atoms with Crippen LogP contribution in [-0.4, -0.2) is 9.98 Å². The molecule has 1 rings (SSSR count). The molecule has 0 aromatic heterocycles. The third-order valence-corrected chi connectivity index (χ3v) is 2.95. The Balaban J connectivity index is 2.96. The number of rotatable bonds is 2. The molecule has 90 valence electrons. The molecule has 2 heteroatoms. The fourth-order valence-corrected chi connectivity index (χ4v) is 1.69. The standard InChI is InChI=1S/C14H21ClO/c1-13(2,3)11-8-6-10(7-9-11)12(16)14(4,5)15/h6-9,12,16H,1-5H3. The number of halogens is 1. The van der Waals surface area contributed by atoms with Crippen molar-refractivity contribution in [2.75, 3.05) is 0 Å². The molecule has 0 aliphatic heterocycles. The van der Waals surface area contributed by atoms with E-state index >= 15 is 0 Å². The Morgan fingerprint density at radius 3 is 1.75 bits per heavy atom. The van der Waals surface area contributed by atoms with Crippen LogP contribution >= 0.6 is 11.6 Å². The highest BCUT2D eigenvalue weighted by molar-refractivity contribution is 6.23. The maximum atomic E-state index is 10.0. The van der Waals surface area contributed by atoms with Gasteiger partial charge in [-0.15, -0.1) is 11.6 Å². The van der Waals surface area contributed by atoms with Crippen molar-refractivity contribution in [3.63, 3.8) is 0 Å². The monoisotopic (exact) mass is 240 g/mol. The summed E-state index contributed by atoms with van der Waals surface area (Å²) in [6.45, 7) is 10.1. The normalized spacial score (nSPS) is 14.9. The molecule has 1 nitrogen and oxygen atoms in total. The van der Waals surface area contributed by atoms with Crippen molar-refractivity contribution >= 4 is 11.6 Å². The number of aliphatic hydroxyl groups is 1. The van der Waals surface area contributed by atoms with E-state index in [2.05, 4.69) is 32.9 Å². The van der Waals surface area contributed by atoms with Gasteiger partial charge in [0.15, 0.2) is 0 Å². The zero-order chi connectivity index (χ0) is 12.6. The minimum Gasteiger partial charge on any atom is -0.387 e. The SMILES string of the molecule is CC(C)(C)c1ccc(C(O)C(C)(C)Cl)cc1. The molecule has 0 bridgehead atoms. The van der Waals surface area contributed by atoms with Crippen molar-refractivity contribution < 1.29 is 5.11 Å².